The minimum Gasteiger partial charge on any atom is -0.493 e. The summed E-state index contributed by atoms with van der Waals surface area (Å²) >= 11 is 0. The molecule has 0 unspecified atom stereocenters. The van der Waals surface area contributed by atoms with Crippen LogP contribution in [0.4, 0.5) is 0 Å². The highest BCUT2D eigenvalue weighted by Gasteiger charge is 2.40. The smallest absolute Gasteiger partial charge is 0.227 e. The minimum absolute atomic E-state index is 0.0134. The molecule has 0 saturated carbocycles. The zero-order valence-corrected chi connectivity index (χ0v) is 19.2. The number of nitrogens with one attached hydrogen (secondary N) is 1. The van der Waals surface area contributed by atoms with Crippen molar-refractivity contribution in [3.8, 4) is 17.2 Å². The maximum atomic E-state index is 13.0. The average Bonchev–Trinajstić information content (AvgIpc) is 3.28. The Hall–Kier alpha value is -3.22. The van der Waals surface area contributed by atoms with Crippen LogP contribution in [0.3, 0.4) is 0 Å². The third-order valence-corrected chi connectivity index (χ3v) is 5.87. The molecule has 1 aliphatic heterocycles. The summed E-state index contributed by atoms with van der Waals surface area (Å²) in [6, 6.07) is 13.4. The van der Waals surface area contributed by atoms with Crippen molar-refractivity contribution in [1.29, 1.82) is 0 Å². The normalized spacial score (nSPS) is 17.7. The molecule has 0 aromatic heterocycles. The number of rotatable bonds is 9. The van der Waals surface area contributed by atoms with Gasteiger partial charge in [0.2, 0.25) is 17.6 Å². The molecule has 7 heteroatoms. The van der Waals surface area contributed by atoms with Gasteiger partial charge in [-0.25, -0.2) is 0 Å². The number of hydrogen-bond acceptors (Lipinski definition) is 5. The zero-order valence-electron chi connectivity index (χ0n) is 19.2. The first-order chi connectivity index (χ1) is 15.5. The fourth-order valence-corrected chi connectivity index (χ4v) is 4.19. The second-order valence-corrected chi connectivity index (χ2v) is 7.92. The molecular formula is C25H32N2O5. The number of likely N-dealkylation sites (tertiary alicyclic amines) is 1. The van der Waals surface area contributed by atoms with Crippen LogP contribution in [-0.4, -0.2) is 57.7 Å². The van der Waals surface area contributed by atoms with E-state index in [1.165, 1.54) is 0 Å². The van der Waals surface area contributed by atoms with Gasteiger partial charge in [0.15, 0.2) is 11.5 Å². The lowest BCUT2D eigenvalue weighted by atomic mass is 9.88. The van der Waals surface area contributed by atoms with Crippen molar-refractivity contribution in [3.63, 3.8) is 0 Å². The van der Waals surface area contributed by atoms with Gasteiger partial charge in [-0.3, -0.25) is 9.59 Å². The number of nitrogens with zero attached hydrogens (tertiary/aromatic N) is 1. The summed E-state index contributed by atoms with van der Waals surface area (Å²) in [4.78, 5) is 27.8. The quantitative estimate of drug-likeness (QED) is 0.649. The van der Waals surface area contributed by atoms with Crippen molar-refractivity contribution in [2.45, 2.75) is 25.7 Å². The van der Waals surface area contributed by atoms with Crippen molar-refractivity contribution in [3.05, 3.63) is 53.6 Å². The Morgan fingerprint density at radius 2 is 1.66 bits per heavy atom. The van der Waals surface area contributed by atoms with Crippen molar-refractivity contribution in [2.24, 2.45) is 5.92 Å². The Bertz CT molecular complexity index is 906. The molecule has 1 heterocycles. The number of methoxy groups -OCH3 is 3. The molecule has 2 aromatic carbocycles. The maximum absolute atomic E-state index is 13.0. The molecule has 0 bridgehead atoms. The Morgan fingerprint density at radius 3 is 2.22 bits per heavy atom. The molecular weight excluding hydrogens is 408 g/mol. The van der Waals surface area contributed by atoms with Gasteiger partial charge < -0.3 is 24.4 Å². The minimum atomic E-state index is -0.357. The van der Waals surface area contributed by atoms with Crippen LogP contribution in [0.1, 0.15) is 30.4 Å². The molecule has 2 aromatic rings. The standard InChI is InChI=1S/C25H32N2O5/c1-5-11-26-25(29)20-16-27(23(28)12-17-9-7-6-8-10-17)15-19(20)18-13-21(30-2)24(32-4)22(14-18)31-3/h6-10,13-14,19-20H,5,11-12,15-16H2,1-4H3,(H,26,29)/t19-,20+/m0/s1. The summed E-state index contributed by atoms with van der Waals surface area (Å²) < 4.78 is 16.4. The van der Waals surface area contributed by atoms with E-state index < -0.39 is 0 Å². The van der Waals surface area contributed by atoms with Crippen LogP contribution in [0.15, 0.2) is 42.5 Å². The van der Waals surface area contributed by atoms with Crippen LogP contribution in [0.5, 0.6) is 17.2 Å². The van der Waals surface area contributed by atoms with Crippen LogP contribution in [-0.2, 0) is 16.0 Å². The van der Waals surface area contributed by atoms with Crippen LogP contribution >= 0.6 is 0 Å². The SMILES string of the molecule is CCCNC(=O)[C@@H]1CN(C(=O)Cc2ccccc2)C[C@H]1c1cc(OC)c(OC)c(OC)c1. The maximum Gasteiger partial charge on any atom is 0.227 e. The van der Waals surface area contributed by atoms with E-state index in [1.807, 2.05) is 49.4 Å². The van der Waals surface area contributed by atoms with E-state index in [0.717, 1.165) is 17.5 Å². The van der Waals surface area contributed by atoms with Gasteiger partial charge in [0, 0.05) is 25.6 Å². The Labute approximate surface area is 189 Å². The van der Waals surface area contributed by atoms with Gasteiger partial charge in [-0.1, -0.05) is 37.3 Å². The molecule has 2 amide bonds. The number of amides is 2. The molecule has 1 aliphatic rings. The van der Waals surface area contributed by atoms with Crippen molar-refractivity contribution in [1.82, 2.24) is 10.2 Å². The summed E-state index contributed by atoms with van der Waals surface area (Å²) in [5, 5.41) is 3.00. The fourth-order valence-electron chi connectivity index (χ4n) is 4.19. The van der Waals surface area contributed by atoms with E-state index in [9.17, 15) is 9.59 Å². The van der Waals surface area contributed by atoms with Crippen LogP contribution < -0.4 is 19.5 Å². The van der Waals surface area contributed by atoms with E-state index in [1.54, 1.807) is 26.2 Å². The van der Waals surface area contributed by atoms with E-state index in [0.29, 0.717) is 43.3 Å². The molecule has 0 radical (unpaired) electrons. The molecule has 0 aliphatic carbocycles. The van der Waals surface area contributed by atoms with Gasteiger partial charge in [0.1, 0.15) is 0 Å². The molecule has 7 nitrogen and oxygen atoms in total. The topological polar surface area (TPSA) is 77.1 Å². The fraction of sp³-hybridized carbons (Fsp3) is 0.440. The number of ether oxygens (including phenoxy) is 3. The third-order valence-electron chi connectivity index (χ3n) is 5.87. The number of hydrogen-bond donors (Lipinski definition) is 1. The Kier molecular flexibility index (Phi) is 7.98. The highest BCUT2D eigenvalue weighted by molar-refractivity contribution is 5.84. The highest BCUT2D eigenvalue weighted by Crippen LogP contribution is 2.43. The Balaban J connectivity index is 1.90. The van der Waals surface area contributed by atoms with Crippen molar-refractivity contribution in [2.75, 3.05) is 41.0 Å². The first-order valence-electron chi connectivity index (χ1n) is 10.9. The van der Waals surface area contributed by atoms with Crippen LogP contribution in [0.2, 0.25) is 0 Å². The largest absolute Gasteiger partial charge is 0.493 e. The lowest BCUT2D eigenvalue weighted by molar-refractivity contribution is -0.130. The summed E-state index contributed by atoms with van der Waals surface area (Å²) in [6.07, 6.45) is 1.16. The molecule has 1 saturated heterocycles. The first-order valence-corrected chi connectivity index (χ1v) is 10.9. The van der Waals surface area contributed by atoms with Crippen molar-refractivity contribution < 1.29 is 23.8 Å². The molecule has 1 N–H and O–H groups in total. The van der Waals surface area contributed by atoms with Gasteiger partial charge in [-0.15, -0.1) is 0 Å². The molecule has 172 valence electrons. The summed E-state index contributed by atoms with van der Waals surface area (Å²) in [7, 11) is 4.69. The van der Waals surface area contributed by atoms with E-state index in [-0.39, 0.29) is 23.7 Å². The summed E-state index contributed by atoms with van der Waals surface area (Å²) in [5.74, 6) is 0.998. The second-order valence-electron chi connectivity index (χ2n) is 7.92. The number of carbonyl (C=O) groups is 2. The van der Waals surface area contributed by atoms with Gasteiger partial charge >= 0.3 is 0 Å². The van der Waals surface area contributed by atoms with Crippen LogP contribution in [0.25, 0.3) is 0 Å². The van der Waals surface area contributed by atoms with E-state index >= 15 is 0 Å². The van der Waals surface area contributed by atoms with E-state index in [2.05, 4.69) is 5.32 Å². The Morgan fingerprint density at radius 1 is 1.00 bits per heavy atom. The monoisotopic (exact) mass is 440 g/mol. The third kappa shape index (κ3) is 5.15. The van der Waals surface area contributed by atoms with Gasteiger partial charge in [0.25, 0.3) is 0 Å². The van der Waals surface area contributed by atoms with E-state index in [4.69, 9.17) is 14.2 Å². The predicted octanol–water partition coefficient (Wildman–Crippen LogP) is 3.02. The molecule has 1 fully saturated rings. The second kappa shape index (κ2) is 10.9. The predicted molar refractivity (Wildman–Crippen MR) is 122 cm³/mol. The lowest BCUT2D eigenvalue weighted by Gasteiger charge is -2.21. The molecule has 0 spiro atoms. The van der Waals surface area contributed by atoms with Crippen LogP contribution in [0, 0.1) is 5.92 Å². The zero-order chi connectivity index (χ0) is 23.1. The molecule has 3 rings (SSSR count). The molecule has 32 heavy (non-hydrogen) atoms. The summed E-state index contributed by atoms with van der Waals surface area (Å²) in [5.41, 5.74) is 1.84. The number of benzene rings is 2. The van der Waals surface area contributed by atoms with Gasteiger partial charge in [-0.05, 0) is 29.7 Å². The van der Waals surface area contributed by atoms with Gasteiger partial charge in [0.05, 0.1) is 33.7 Å². The summed E-state index contributed by atoms with van der Waals surface area (Å²) in [6.45, 7) is 3.45. The number of carbonyl (C=O) groups excluding carboxylic acids is 2. The lowest BCUT2D eigenvalue weighted by Crippen LogP contribution is -2.36. The highest BCUT2D eigenvalue weighted by atomic mass is 16.5. The van der Waals surface area contributed by atoms with Gasteiger partial charge in [-0.2, -0.15) is 0 Å². The average molecular weight is 441 g/mol. The first kappa shape index (κ1) is 23.4. The molecule has 2 atom stereocenters. The van der Waals surface area contributed by atoms with Crippen molar-refractivity contribution >= 4 is 11.8 Å².